The number of benzene rings is 6. The van der Waals surface area contributed by atoms with Crippen molar-refractivity contribution in [2.75, 3.05) is 5.32 Å². The van der Waals surface area contributed by atoms with Gasteiger partial charge in [0.2, 0.25) is 0 Å². The Morgan fingerprint density at radius 3 is 1.95 bits per heavy atom. The highest BCUT2D eigenvalue weighted by atomic mass is 32.1. The second-order valence-electron chi connectivity index (χ2n) is 9.11. The Kier molecular flexibility index (Phi) is 3.26. The van der Waals surface area contributed by atoms with Crippen molar-refractivity contribution < 1.29 is 18.1 Å². The highest BCUT2D eigenvalue weighted by molar-refractivity contribution is 7.26. The van der Waals surface area contributed by atoms with Gasteiger partial charge in [0.05, 0.1) is 13.7 Å². The fourth-order valence-electron chi connectivity index (χ4n) is 5.16. The van der Waals surface area contributed by atoms with Crippen LogP contribution in [0, 0.1) is 0 Å². The van der Waals surface area contributed by atoms with Gasteiger partial charge in [0.25, 0.3) is 0 Å². The minimum absolute atomic E-state index is 0.0994. The first-order valence-corrected chi connectivity index (χ1v) is 13.1. The standard InChI is InChI=1S/C36H23NOS/c1-3-9-23(10-4-1)27-13-7-15-32-35(27)29-21-25(17-19-31(29)38-32)37-26-18-20-33-30(22-26)36-28(14-8-16-34(36)39-33)24-11-5-2-6-12-24/h1-22,37H/i1D,2D,3D,4D,5D,6D,9D,10D,11D,12D. The lowest BCUT2D eigenvalue weighted by Crippen LogP contribution is -1.89. The van der Waals surface area contributed by atoms with Crippen LogP contribution in [0.5, 0.6) is 0 Å². The molecule has 1 N–H and O–H groups in total. The first-order chi connectivity index (χ1) is 23.5. The van der Waals surface area contributed by atoms with Gasteiger partial charge >= 0.3 is 0 Å². The molecule has 0 aliphatic heterocycles. The van der Waals surface area contributed by atoms with Gasteiger partial charge in [-0.1, -0.05) is 84.7 Å². The van der Waals surface area contributed by atoms with E-state index < -0.39 is 24.2 Å². The molecule has 2 aromatic heterocycles. The molecular formula is C36H23NOS. The molecule has 3 heteroatoms. The third kappa shape index (κ3) is 3.70. The lowest BCUT2D eigenvalue weighted by Gasteiger charge is -2.09. The zero-order valence-electron chi connectivity index (χ0n) is 30.2. The summed E-state index contributed by atoms with van der Waals surface area (Å²) in [6.07, 6.45) is 0. The molecule has 0 saturated carbocycles. The molecule has 8 rings (SSSR count). The van der Waals surface area contributed by atoms with Crippen molar-refractivity contribution in [2.45, 2.75) is 0 Å². The third-order valence-electron chi connectivity index (χ3n) is 6.82. The Morgan fingerprint density at radius 2 is 1.21 bits per heavy atom. The van der Waals surface area contributed by atoms with Crippen LogP contribution in [0.1, 0.15) is 13.7 Å². The quantitative estimate of drug-likeness (QED) is 0.246. The summed E-state index contributed by atoms with van der Waals surface area (Å²) in [5.41, 5.74) is 3.84. The molecule has 2 nitrogen and oxygen atoms in total. The zero-order valence-corrected chi connectivity index (χ0v) is 21.1. The van der Waals surface area contributed by atoms with Crippen LogP contribution in [0.25, 0.3) is 64.4 Å². The van der Waals surface area contributed by atoms with Gasteiger partial charge in [-0.3, -0.25) is 0 Å². The van der Waals surface area contributed by atoms with Gasteiger partial charge in [0.15, 0.2) is 0 Å². The van der Waals surface area contributed by atoms with Gasteiger partial charge in [-0.25, -0.2) is 0 Å². The van der Waals surface area contributed by atoms with Crippen molar-refractivity contribution in [1.29, 1.82) is 0 Å². The summed E-state index contributed by atoms with van der Waals surface area (Å²) >= 11 is 1.56. The van der Waals surface area contributed by atoms with E-state index >= 15 is 0 Å². The maximum Gasteiger partial charge on any atom is 0.136 e. The van der Waals surface area contributed by atoms with Gasteiger partial charge in [-0.2, -0.15) is 0 Å². The second kappa shape index (κ2) is 8.87. The topological polar surface area (TPSA) is 25.2 Å². The Bertz CT molecular complexity index is 2470. The Balaban J connectivity index is 1.27. The SMILES string of the molecule is [2H]c1c([2H])c([2H])c(-c2cccc3oc4ccc(Nc5ccc6sc7cccc(-c8c([2H])c([2H])c([2H])c([2H])c8[2H])c7c6c5)cc4c23)c([2H])c1[2H]. The van der Waals surface area contributed by atoms with E-state index in [0.29, 0.717) is 33.1 Å². The molecule has 0 aliphatic rings. The van der Waals surface area contributed by atoms with Crippen LogP contribution >= 0.6 is 11.3 Å². The molecular weight excluding hydrogens is 494 g/mol. The Labute approximate surface area is 243 Å². The van der Waals surface area contributed by atoms with Crippen molar-refractivity contribution in [3.05, 3.63) is 133 Å². The van der Waals surface area contributed by atoms with Crippen LogP contribution in [0.4, 0.5) is 11.4 Å². The predicted octanol–water partition coefficient (Wildman–Crippen LogP) is 11.0. The van der Waals surface area contributed by atoms with Crippen LogP contribution < -0.4 is 5.32 Å². The molecule has 8 aromatic rings. The average Bonchev–Trinajstić information content (AvgIpc) is 3.67. The first kappa shape index (κ1) is 14.3. The van der Waals surface area contributed by atoms with Crippen LogP contribution in [0.2, 0.25) is 0 Å². The molecule has 0 atom stereocenters. The zero-order chi connectivity index (χ0) is 34.5. The molecule has 0 aliphatic carbocycles. The van der Waals surface area contributed by atoms with E-state index in [4.69, 9.17) is 18.1 Å². The number of thiophene rings is 1. The lowest BCUT2D eigenvalue weighted by atomic mass is 9.99. The third-order valence-corrected chi connectivity index (χ3v) is 7.95. The maximum atomic E-state index is 8.60. The largest absolute Gasteiger partial charge is 0.456 e. The van der Waals surface area contributed by atoms with Crippen LogP contribution in [-0.4, -0.2) is 0 Å². The summed E-state index contributed by atoms with van der Waals surface area (Å²) in [4.78, 5) is 0. The van der Waals surface area contributed by atoms with Gasteiger partial charge in [-0.15, -0.1) is 11.3 Å². The number of furan rings is 1. The second-order valence-corrected chi connectivity index (χ2v) is 10.2. The maximum absolute atomic E-state index is 8.60. The van der Waals surface area contributed by atoms with E-state index in [9.17, 15) is 0 Å². The van der Waals surface area contributed by atoms with Crippen molar-refractivity contribution >= 4 is 64.8 Å². The molecule has 0 radical (unpaired) electrons. The highest BCUT2D eigenvalue weighted by Crippen LogP contribution is 2.42. The minimum atomic E-state index is -0.453. The van der Waals surface area contributed by atoms with E-state index in [2.05, 4.69) is 5.32 Å². The van der Waals surface area contributed by atoms with E-state index in [1.807, 2.05) is 48.5 Å². The molecule has 0 unspecified atom stereocenters. The monoisotopic (exact) mass is 527 g/mol. The molecule has 39 heavy (non-hydrogen) atoms. The van der Waals surface area contributed by atoms with Crippen LogP contribution in [-0.2, 0) is 0 Å². The number of fused-ring (bicyclic) bond motifs is 6. The average molecular weight is 528 g/mol. The highest BCUT2D eigenvalue weighted by Gasteiger charge is 2.14. The molecule has 0 saturated heterocycles. The molecule has 6 aromatic carbocycles. The van der Waals surface area contributed by atoms with Crippen LogP contribution in [0.3, 0.4) is 0 Å². The lowest BCUT2D eigenvalue weighted by molar-refractivity contribution is 0.669. The summed E-state index contributed by atoms with van der Waals surface area (Å²) in [5, 5.41) is 6.45. The number of rotatable bonds is 4. The number of hydrogen-bond acceptors (Lipinski definition) is 3. The normalized spacial score (nSPS) is 15.2. The van der Waals surface area contributed by atoms with E-state index in [1.165, 1.54) is 0 Å². The van der Waals surface area contributed by atoms with Crippen molar-refractivity contribution in [3.63, 3.8) is 0 Å². The van der Waals surface area contributed by atoms with Crippen molar-refractivity contribution in [1.82, 2.24) is 0 Å². The molecule has 0 amide bonds. The van der Waals surface area contributed by atoms with Gasteiger partial charge in [-0.05, 0) is 70.8 Å². The number of nitrogens with one attached hydrogen (secondary N) is 1. The van der Waals surface area contributed by atoms with Crippen molar-refractivity contribution in [3.8, 4) is 22.3 Å². The Hall–Kier alpha value is -4.86. The van der Waals surface area contributed by atoms with Crippen LogP contribution in [0.15, 0.2) is 138 Å². The van der Waals surface area contributed by atoms with E-state index in [0.717, 1.165) is 31.5 Å². The predicted molar refractivity (Wildman–Crippen MR) is 167 cm³/mol. The van der Waals surface area contributed by atoms with E-state index in [1.54, 1.807) is 35.6 Å². The molecule has 0 bridgehead atoms. The minimum Gasteiger partial charge on any atom is -0.456 e. The summed E-state index contributed by atoms with van der Waals surface area (Å²) < 4.78 is 91.3. The summed E-state index contributed by atoms with van der Waals surface area (Å²) in [7, 11) is 0. The van der Waals surface area contributed by atoms with Gasteiger partial charge in [0, 0.05) is 42.3 Å². The van der Waals surface area contributed by atoms with Gasteiger partial charge in [0.1, 0.15) is 11.2 Å². The first-order valence-electron chi connectivity index (χ1n) is 17.3. The molecule has 184 valence electrons. The molecule has 2 heterocycles. The summed E-state index contributed by atoms with van der Waals surface area (Å²) in [6, 6.07) is 18.7. The van der Waals surface area contributed by atoms with Gasteiger partial charge < -0.3 is 9.73 Å². The number of hydrogen-bond donors (Lipinski definition) is 1. The Morgan fingerprint density at radius 1 is 0.564 bits per heavy atom. The number of anilines is 2. The summed E-state index contributed by atoms with van der Waals surface area (Å²) in [6.45, 7) is 0. The smallest absolute Gasteiger partial charge is 0.136 e. The summed E-state index contributed by atoms with van der Waals surface area (Å²) in [5.74, 6) is 0. The fourth-order valence-corrected chi connectivity index (χ4v) is 6.27. The van der Waals surface area contributed by atoms with Crippen molar-refractivity contribution in [2.24, 2.45) is 0 Å². The molecule has 0 fully saturated rings. The molecule has 0 spiro atoms. The van der Waals surface area contributed by atoms with E-state index in [-0.39, 0.29) is 47.4 Å². The fraction of sp³-hybridized carbons (Fsp3) is 0.